The summed E-state index contributed by atoms with van der Waals surface area (Å²) in [6, 6.07) is 6.27. The normalized spacial score (nSPS) is 15.0. The molecule has 2 aromatic heterocycles. The van der Waals surface area contributed by atoms with Crippen molar-refractivity contribution in [3.05, 3.63) is 64.3 Å². The SMILES string of the molecule is Cc1cc(F)cc(C(=N)c2nc(C(=O)NC3CCN(C)CC3)c(-c3cccnc3)s2)c1N. The number of aryl methyl sites for hydroxylation is 1. The first-order chi connectivity index (χ1) is 15.3. The molecular weight excluding hydrogens is 427 g/mol. The maximum absolute atomic E-state index is 14.0. The van der Waals surface area contributed by atoms with E-state index in [1.165, 1.54) is 23.5 Å². The van der Waals surface area contributed by atoms with Crippen molar-refractivity contribution in [3.8, 4) is 10.4 Å². The Labute approximate surface area is 190 Å². The van der Waals surface area contributed by atoms with Crippen LogP contribution in [0, 0.1) is 18.2 Å². The molecule has 1 saturated heterocycles. The molecule has 166 valence electrons. The van der Waals surface area contributed by atoms with Crippen LogP contribution >= 0.6 is 11.3 Å². The molecule has 0 radical (unpaired) electrons. The van der Waals surface area contributed by atoms with Gasteiger partial charge in [-0.25, -0.2) is 9.37 Å². The fourth-order valence-electron chi connectivity index (χ4n) is 3.76. The van der Waals surface area contributed by atoms with Crippen molar-refractivity contribution in [1.82, 2.24) is 20.2 Å². The number of halogens is 1. The summed E-state index contributed by atoms with van der Waals surface area (Å²) in [6.07, 6.45) is 5.06. The summed E-state index contributed by atoms with van der Waals surface area (Å²) in [5, 5.41) is 12.0. The van der Waals surface area contributed by atoms with Crippen LogP contribution in [-0.4, -0.2) is 52.7 Å². The van der Waals surface area contributed by atoms with Gasteiger partial charge in [0.25, 0.3) is 5.91 Å². The first kappa shape index (κ1) is 22.0. The molecule has 3 aromatic rings. The monoisotopic (exact) mass is 452 g/mol. The van der Waals surface area contributed by atoms with Gasteiger partial charge in [-0.1, -0.05) is 6.07 Å². The number of thiazole rings is 1. The van der Waals surface area contributed by atoms with Crippen LogP contribution in [0.3, 0.4) is 0 Å². The van der Waals surface area contributed by atoms with E-state index in [4.69, 9.17) is 11.1 Å². The lowest BCUT2D eigenvalue weighted by molar-refractivity contribution is 0.0913. The molecule has 0 saturated carbocycles. The van der Waals surface area contributed by atoms with Gasteiger partial charge in [0.2, 0.25) is 0 Å². The minimum Gasteiger partial charge on any atom is -0.398 e. The van der Waals surface area contributed by atoms with Crippen molar-refractivity contribution in [2.24, 2.45) is 0 Å². The molecule has 4 N–H and O–H groups in total. The highest BCUT2D eigenvalue weighted by Gasteiger charge is 2.26. The van der Waals surface area contributed by atoms with Gasteiger partial charge in [0.15, 0.2) is 0 Å². The van der Waals surface area contributed by atoms with Crippen LogP contribution in [0.25, 0.3) is 10.4 Å². The number of hydrogen-bond acceptors (Lipinski definition) is 7. The number of pyridine rings is 1. The van der Waals surface area contributed by atoms with E-state index in [0.29, 0.717) is 21.1 Å². The number of nitrogens with zero attached hydrogens (tertiary/aromatic N) is 3. The number of nitrogen functional groups attached to an aromatic ring is 1. The number of nitrogens with two attached hydrogens (primary N) is 1. The Morgan fingerprint density at radius 1 is 1.34 bits per heavy atom. The van der Waals surface area contributed by atoms with Crippen molar-refractivity contribution in [2.45, 2.75) is 25.8 Å². The summed E-state index contributed by atoms with van der Waals surface area (Å²) in [4.78, 5) is 24.7. The molecule has 3 heterocycles. The number of likely N-dealkylation sites (tertiary alicyclic amines) is 1. The number of amides is 1. The smallest absolute Gasteiger partial charge is 0.271 e. The van der Waals surface area contributed by atoms with Gasteiger partial charge in [0.1, 0.15) is 16.5 Å². The van der Waals surface area contributed by atoms with Gasteiger partial charge in [0, 0.05) is 35.2 Å². The number of aromatic nitrogens is 2. The van der Waals surface area contributed by atoms with Gasteiger partial charge in [-0.05, 0) is 63.7 Å². The first-order valence-corrected chi connectivity index (χ1v) is 11.2. The van der Waals surface area contributed by atoms with E-state index >= 15 is 0 Å². The van der Waals surface area contributed by atoms with Crippen LogP contribution in [0.1, 0.15) is 39.5 Å². The summed E-state index contributed by atoms with van der Waals surface area (Å²) in [5.74, 6) is -0.752. The van der Waals surface area contributed by atoms with Crippen LogP contribution in [0.5, 0.6) is 0 Å². The fourth-order valence-corrected chi connectivity index (χ4v) is 4.77. The minimum absolute atomic E-state index is 0.0152. The Bertz CT molecular complexity index is 1150. The summed E-state index contributed by atoms with van der Waals surface area (Å²) in [7, 11) is 2.07. The van der Waals surface area contributed by atoms with Gasteiger partial charge >= 0.3 is 0 Å². The Morgan fingerprint density at radius 2 is 2.09 bits per heavy atom. The van der Waals surface area contributed by atoms with E-state index in [-0.39, 0.29) is 28.9 Å². The van der Waals surface area contributed by atoms with Crippen molar-refractivity contribution >= 4 is 28.6 Å². The number of piperidine rings is 1. The van der Waals surface area contributed by atoms with Crippen molar-refractivity contribution < 1.29 is 9.18 Å². The highest BCUT2D eigenvalue weighted by Crippen LogP contribution is 2.32. The molecule has 0 aliphatic carbocycles. The maximum Gasteiger partial charge on any atom is 0.271 e. The van der Waals surface area contributed by atoms with Crippen LogP contribution in [0.2, 0.25) is 0 Å². The van der Waals surface area contributed by atoms with Crippen LogP contribution < -0.4 is 11.1 Å². The molecular formula is C23H25FN6OS. The number of benzene rings is 1. The van der Waals surface area contributed by atoms with Crippen LogP contribution in [-0.2, 0) is 0 Å². The highest BCUT2D eigenvalue weighted by atomic mass is 32.1. The van der Waals surface area contributed by atoms with Gasteiger partial charge in [-0.15, -0.1) is 11.3 Å². The Morgan fingerprint density at radius 3 is 2.78 bits per heavy atom. The topological polar surface area (TPSA) is 108 Å². The summed E-state index contributed by atoms with van der Waals surface area (Å²) in [6.45, 7) is 3.54. The number of anilines is 1. The van der Waals surface area contributed by atoms with E-state index in [1.54, 1.807) is 25.4 Å². The molecule has 1 aliphatic rings. The van der Waals surface area contributed by atoms with Crippen molar-refractivity contribution in [3.63, 3.8) is 0 Å². The lowest BCUT2D eigenvalue weighted by atomic mass is 10.0. The predicted molar refractivity (Wildman–Crippen MR) is 125 cm³/mol. The number of rotatable bonds is 5. The lowest BCUT2D eigenvalue weighted by Crippen LogP contribution is -2.43. The summed E-state index contributed by atoms with van der Waals surface area (Å²) in [5.41, 5.74) is 8.22. The Balaban J connectivity index is 1.70. The number of nitrogens with one attached hydrogen (secondary N) is 2. The quantitative estimate of drug-likeness (QED) is 0.406. The molecule has 1 amide bonds. The van der Waals surface area contributed by atoms with Gasteiger partial charge in [0.05, 0.1) is 10.6 Å². The zero-order chi connectivity index (χ0) is 22.8. The third kappa shape index (κ3) is 4.53. The largest absolute Gasteiger partial charge is 0.398 e. The predicted octanol–water partition coefficient (Wildman–Crippen LogP) is 3.47. The average molecular weight is 453 g/mol. The molecule has 0 spiro atoms. The van der Waals surface area contributed by atoms with E-state index in [9.17, 15) is 9.18 Å². The molecule has 9 heteroatoms. The van der Waals surface area contributed by atoms with Crippen molar-refractivity contribution in [2.75, 3.05) is 25.9 Å². The molecule has 4 rings (SSSR count). The zero-order valence-electron chi connectivity index (χ0n) is 18.0. The number of hydrogen-bond donors (Lipinski definition) is 3. The number of carbonyl (C=O) groups is 1. The average Bonchev–Trinajstić information content (AvgIpc) is 3.23. The molecule has 0 atom stereocenters. The molecule has 0 bridgehead atoms. The van der Waals surface area contributed by atoms with Gasteiger partial charge < -0.3 is 16.0 Å². The van der Waals surface area contributed by atoms with E-state index < -0.39 is 5.82 Å². The second-order valence-electron chi connectivity index (χ2n) is 8.05. The van der Waals surface area contributed by atoms with Crippen LogP contribution in [0.15, 0.2) is 36.7 Å². The molecule has 1 aliphatic heterocycles. The lowest BCUT2D eigenvalue weighted by Gasteiger charge is -2.29. The fraction of sp³-hybridized carbons (Fsp3) is 0.304. The zero-order valence-corrected chi connectivity index (χ0v) is 18.8. The first-order valence-electron chi connectivity index (χ1n) is 10.4. The summed E-state index contributed by atoms with van der Waals surface area (Å²) >= 11 is 1.20. The van der Waals surface area contributed by atoms with E-state index in [0.717, 1.165) is 31.5 Å². The maximum atomic E-state index is 14.0. The second kappa shape index (κ2) is 9.13. The number of carbonyl (C=O) groups excluding carboxylic acids is 1. The standard InChI is InChI=1S/C23H25FN6OS/c1-13-10-15(24)11-17(18(13)25)19(26)23-29-20(21(32-23)14-4-3-7-27-12-14)22(31)28-16-5-8-30(2)9-6-16/h3-4,7,10-12,16,26H,5-6,8-9,25H2,1-2H3,(H,28,31). The third-order valence-electron chi connectivity index (χ3n) is 5.65. The molecule has 1 fully saturated rings. The van der Waals surface area contributed by atoms with Gasteiger partial charge in [-0.3, -0.25) is 15.2 Å². The van der Waals surface area contributed by atoms with E-state index in [2.05, 4.69) is 27.2 Å². The third-order valence-corrected chi connectivity index (χ3v) is 6.78. The Hall–Kier alpha value is -3.17. The highest BCUT2D eigenvalue weighted by molar-refractivity contribution is 7.17. The van der Waals surface area contributed by atoms with Crippen molar-refractivity contribution in [1.29, 1.82) is 5.41 Å². The minimum atomic E-state index is -0.472. The van der Waals surface area contributed by atoms with Crippen LogP contribution in [0.4, 0.5) is 10.1 Å². The summed E-state index contributed by atoms with van der Waals surface area (Å²) < 4.78 is 14.0. The Kier molecular flexibility index (Phi) is 6.29. The second-order valence-corrected chi connectivity index (χ2v) is 9.05. The van der Waals surface area contributed by atoms with Gasteiger partial charge in [-0.2, -0.15) is 0 Å². The molecule has 7 nitrogen and oxygen atoms in total. The molecule has 0 unspecified atom stereocenters. The van der Waals surface area contributed by atoms with E-state index in [1.807, 2.05) is 6.07 Å². The molecule has 1 aromatic carbocycles. The molecule has 32 heavy (non-hydrogen) atoms.